The van der Waals surface area contributed by atoms with Crippen molar-refractivity contribution in [1.82, 2.24) is 0 Å². The topological polar surface area (TPSA) is 35.5 Å². The molecule has 21 heavy (non-hydrogen) atoms. The predicted molar refractivity (Wildman–Crippen MR) is 87.5 cm³/mol. The Balaban J connectivity index is 1.81. The zero-order valence-electron chi connectivity index (χ0n) is 13.4. The molecule has 0 aromatic heterocycles. The van der Waals surface area contributed by atoms with Crippen LogP contribution in [0.25, 0.3) is 0 Å². The summed E-state index contributed by atoms with van der Waals surface area (Å²) in [7, 11) is -0.294. The van der Waals surface area contributed by atoms with Crippen molar-refractivity contribution in [3.63, 3.8) is 0 Å². The van der Waals surface area contributed by atoms with Crippen LogP contribution >= 0.6 is 11.8 Å². The molecule has 2 rings (SSSR count). The van der Waals surface area contributed by atoms with Gasteiger partial charge >= 0.3 is 7.12 Å². The normalized spacial score (nSPS) is 19.8. The van der Waals surface area contributed by atoms with E-state index < -0.39 is 0 Å². The Labute approximate surface area is 131 Å². The quantitative estimate of drug-likeness (QED) is 0.620. The van der Waals surface area contributed by atoms with Gasteiger partial charge < -0.3 is 9.31 Å². The average Bonchev–Trinajstić information content (AvgIpc) is 2.58. The fourth-order valence-corrected chi connectivity index (χ4v) is 2.86. The van der Waals surface area contributed by atoms with E-state index in [1.165, 1.54) is 17.3 Å². The van der Waals surface area contributed by atoms with Gasteiger partial charge in [0.2, 0.25) is 0 Å². The van der Waals surface area contributed by atoms with E-state index in [9.17, 15) is 4.79 Å². The summed E-state index contributed by atoms with van der Waals surface area (Å²) in [5.41, 5.74) is 0.541. The highest BCUT2D eigenvalue weighted by Crippen LogP contribution is 2.38. The zero-order valence-corrected chi connectivity index (χ0v) is 14.3. The second-order valence-corrected chi connectivity index (χ2v) is 7.64. The number of carbonyl (C=O) groups excluding carboxylic acids is 1. The molecule has 1 saturated heterocycles. The van der Waals surface area contributed by atoms with Gasteiger partial charge in [-0.15, -0.1) is 0 Å². The molecule has 0 atom stereocenters. The van der Waals surface area contributed by atoms with Gasteiger partial charge in [-0.2, -0.15) is 0 Å². The molecule has 114 valence electrons. The lowest BCUT2D eigenvalue weighted by atomic mass is 9.83. The third kappa shape index (κ3) is 4.12. The first-order chi connectivity index (χ1) is 9.69. The Morgan fingerprint density at radius 2 is 1.62 bits per heavy atom. The number of thioether (sulfide) groups is 1. The van der Waals surface area contributed by atoms with Crippen molar-refractivity contribution in [3.8, 4) is 0 Å². The number of hydrogen-bond donors (Lipinski definition) is 0. The minimum atomic E-state index is -0.329. The fourth-order valence-electron chi connectivity index (χ4n) is 2.11. The third-order valence-electron chi connectivity index (χ3n) is 4.14. The first-order valence-corrected chi connectivity index (χ1v) is 8.14. The predicted octanol–water partition coefficient (Wildman–Crippen LogP) is 4.10. The van der Waals surface area contributed by atoms with Crippen LogP contribution in [0.1, 0.15) is 39.7 Å². The molecule has 3 nitrogen and oxygen atoms in total. The van der Waals surface area contributed by atoms with Gasteiger partial charge in [-0.1, -0.05) is 29.5 Å². The van der Waals surface area contributed by atoms with E-state index >= 15 is 0 Å². The maximum Gasteiger partial charge on any atom is 0.458 e. The van der Waals surface area contributed by atoms with Gasteiger partial charge in [0.15, 0.2) is 5.12 Å². The van der Waals surface area contributed by atoms with Crippen molar-refractivity contribution in [3.05, 3.63) is 29.8 Å². The summed E-state index contributed by atoms with van der Waals surface area (Å²) < 4.78 is 11.8. The zero-order chi connectivity index (χ0) is 15.7. The van der Waals surface area contributed by atoms with Gasteiger partial charge in [-0.3, -0.25) is 4.79 Å². The molecule has 1 aliphatic rings. The summed E-state index contributed by atoms with van der Waals surface area (Å²) in [6.07, 6.45) is 1.06. The second-order valence-electron chi connectivity index (χ2n) is 6.51. The first-order valence-electron chi connectivity index (χ1n) is 7.33. The molecule has 0 spiro atoms. The molecule has 0 radical (unpaired) electrons. The lowest BCUT2D eigenvalue weighted by Crippen LogP contribution is -2.41. The molecule has 0 bridgehead atoms. The van der Waals surface area contributed by atoms with E-state index in [0.717, 1.165) is 4.90 Å². The van der Waals surface area contributed by atoms with Crippen LogP contribution in [0.5, 0.6) is 0 Å². The average molecular weight is 306 g/mol. The molecule has 1 aromatic rings. The number of benzene rings is 1. The van der Waals surface area contributed by atoms with E-state index in [4.69, 9.17) is 9.31 Å². The molecule has 0 unspecified atom stereocenters. The summed E-state index contributed by atoms with van der Waals surface area (Å²) in [6, 6.07) is 7.99. The van der Waals surface area contributed by atoms with Crippen molar-refractivity contribution in [1.29, 1.82) is 0 Å². The fraction of sp³-hybridized carbons (Fsp3) is 0.562. The van der Waals surface area contributed by atoms with E-state index in [-0.39, 0.29) is 23.4 Å². The van der Waals surface area contributed by atoms with Gasteiger partial charge in [-0.05, 0) is 53.1 Å². The van der Waals surface area contributed by atoms with Crippen molar-refractivity contribution in [2.24, 2.45) is 0 Å². The number of aryl methyl sites for hydroxylation is 1. The SMILES string of the molecule is Cc1ccc(SC(=O)CCB2OC(C)(C)C(C)(C)O2)cc1. The van der Waals surface area contributed by atoms with Crippen LogP contribution < -0.4 is 0 Å². The highest BCUT2D eigenvalue weighted by atomic mass is 32.2. The Hall–Kier alpha value is -0.775. The summed E-state index contributed by atoms with van der Waals surface area (Å²) in [4.78, 5) is 13.0. The molecule has 1 heterocycles. The number of rotatable bonds is 4. The maximum atomic E-state index is 12.0. The molecule has 0 N–H and O–H groups in total. The lowest BCUT2D eigenvalue weighted by Gasteiger charge is -2.32. The Morgan fingerprint density at radius 3 is 2.14 bits per heavy atom. The van der Waals surface area contributed by atoms with Gasteiger partial charge in [0.05, 0.1) is 11.2 Å². The van der Waals surface area contributed by atoms with Gasteiger partial charge in [-0.25, -0.2) is 0 Å². The summed E-state index contributed by atoms with van der Waals surface area (Å²) in [5, 5.41) is 0.147. The molecule has 1 aromatic carbocycles. The van der Waals surface area contributed by atoms with Crippen LogP contribution in [-0.2, 0) is 14.1 Å². The molecular weight excluding hydrogens is 283 g/mol. The highest BCUT2D eigenvalue weighted by Gasteiger charge is 2.50. The lowest BCUT2D eigenvalue weighted by molar-refractivity contribution is -0.110. The van der Waals surface area contributed by atoms with E-state index in [1.807, 2.05) is 58.9 Å². The van der Waals surface area contributed by atoms with Crippen molar-refractivity contribution < 1.29 is 14.1 Å². The molecular formula is C16H23BO3S. The molecule has 0 aliphatic carbocycles. The van der Waals surface area contributed by atoms with Crippen LogP contribution in [0.3, 0.4) is 0 Å². The third-order valence-corrected chi connectivity index (χ3v) is 5.08. The van der Waals surface area contributed by atoms with Crippen molar-refractivity contribution in [2.75, 3.05) is 0 Å². The Morgan fingerprint density at radius 1 is 1.10 bits per heavy atom. The van der Waals surface area contributed by atoms with E-state index in [1.54, 1.807) is 0 Å². The monoisotopic (exact) mass is 306 g/mol. The second kappa shape index (κ2) is 6.15. The summed E-state index contributed by atoms with van der Waals surface area (Å²) in [5.74, 6) is 0. The first kappa shape index (κ1) is 16.6. The minimum absolute atomic E-state index is 0.147. The Bertz CT molecular complexity index is 495. The van der Waals surface area contributed by atoms with Gasteiger partial charge in [0.25, 0.3) is 0 Å². The van der Waals surface area contributed by atoms with Crippen molar-refractivity contribution in [2.45, 2.75) is 63.5 Å². The molecule has 0 saturated carbocycles. The van der Waals surface area contributed by atoms with Crippen LogP contribution in [0.4, 0.5) is 0 Å². The van der Waals surface area contributed by atoms with Crippen molar-refractivity contribution >= 4 is 24.0 Å². The Kier molecular flexibility index (Phi) is 4.86. The molecule has 1 fully saturated rings. The maximum absolute atomic E-state index is 12.0. The summed E-state index contributed by atoms with van der Waals surface area (Å²) in [6.45, 7) is 10.1. The highest BCUT2D eigenvalue weighted by molar-refractivity contribution is 8.13. The number of hydrogen-bond acceptors (Lipinski definition) is 4. The van der Waals surface area contributed by atoms with E-state index in [0.29, 0.717) is 12.7 Å². The van der Waals surface area contributed by atoms with E-state index in [2.05, 4.69) is 0 Å². The smallest absolute Gasteiger partial charge is 0.403 e. The number of carbonyl (C=O) groups is 1. The minimum Gasteiger partial charge on any atom is -0.403 e. The molecule has 1 aliphatic heterocycles. The van der Waals surface area contributed by atoms with Crippen LogP contribution in [0.15, 0.2) is 29.2 Å². The van der Waals surface area contributed by atoms with Gasteiger partial charge in [0, 0.05) is 11.3 Å². The van der Waals surface area contributed by atoms with Crippen LogP contribution in [0.2, 0.25) is 6.32 Å². The largest absolute Gasteiger partial charge is 0.458 e. The summed E-state index contributed by atoms with van der Waals surface area (Å²) >= 11 is 1.29. The van der Waals surface area contributed by atoms with Crippen LogP contribution in [-0.4, -0.2) is 23.4 Å². The van der Waals surface area contributed by atoms with Gasteiger partial charge in [0.1, 0.15) is 0 Å². The van der Waals surface area contributed by atoms with Crippen LogP contribution in [0, 0.1) is 6.92 Å². The standard InChI is InChI=1S/C16H23BO3S/c1-12-6-8-13(9-7-12)21-14(18)10-11-17-19-15(2,3)16(4,5)20-17/h6-9H,10-11H2,1-5H3. The molecule has 0 amide bonds. The molecule has 5 heteroatoms.